The van der Waals surface area contributed by atoms with Gasteiger partial charge in [0.25, 0.3) is 0 Å². The maximum atomic E-state index is 10.7. The van der Waals surface area contributed by atoms with Gasteiger partial charge in [0.05, 0.1) is 0 Å². The molecule has 0 saturated carbocycles. The van der Waals surface area contributed by atoms with Gasteiger partial charge in [-0.2, -0.15) is 10.5 Å². The first-order chi connectivity index (χ1) is 10.7. The molecule has 0 bridgehead atoms. The SMILES string of the molecule is O=C(CCCCCCCCCCCCCCC(=O)OO)OO. The lowest BCUT2D eigenvalue weighted by atomic mass is 10.0. The van der Waals surface area contributed by atoms with Crippen LogP contribution in [-0.2, 0) is 19.4 Å². The normalized spacial score (nSPS) is 10.5. The van der Waals surface area contributed by atoms with Crippen LogP contribution in [0.5, 0.6) is 0 Å². The first-order valence-corrected chi connectivity index (χ1v) is 8.39. The van der Waals surface area contributed by atoms with E-state index < -0.39 is 11.9 Å². The molecule has 0 heterocycles. The van der Waals surface area contributed by atoms with E-state index in [0.29, 0.717) is 12.8 Å². The Morgan fingerprint density at radius 2 is 0.727 bits per heavy atom. The highest BCUT2D eigenvalue weighted by molar-refractivity contribution is 5.68. The zero-order valence-corrected chi connectivity index (χ0v) is 13.4. The molecule has 0 unspecified atom stereocenters. The second-order valence-corrected chi connectivity index (χ2v) is 5.67. The minimum Gasteiger partial charge on any atom is -0.301 e. The average Bonchev–Trinajstić information content (AvgIpc) is 2.54. The van der Waals surface area contributed by atoms with Gasteiger partial charge in [0.15, 0.2) is 0 Å². The smallest absolute Gasteiger partial charge is 0.301 e. The lowest BCUT2D eigenvalue weighted by Crippen LogP contribution is -1.99. The Morgan fingerprint density at radius 3 is 0.955 bits per heavy atom. The molecule has 0 saturated heterocycles. The van der Waals surface area contributed by atoms with E-state index in [4.69, 9.17) is 10.5 Å². The van der Waals surface area contributed by atoms with Crippen molar-refractivity contribution in [3.05, 3.63) is 0 Å². The molecule has 0 spiro atoms. The molecule has 0 atom stereocenters. The lowest BCUT2D eigenvalue weighted by Gasteiger charge is -2.03. The summed E-state index contributed by atoms with van der Waals surface area (Å²) in [4.78, 5) is 28.5. The van der Waals surface area contributed by atoms with Crippen LogP contribution in [0.2, 0.25) is 0 Å². The second kappa shape index (κ2) is 16.2. The van der Waals surface area contributed by atoms with Gasteiger partial charge in [-0.05, 0) is 12.8 Å². The van der Waals surface area contributed by atoms with Gasteiger partial charge in [-0.25, -0.2) is 9.59 Å². The molecule has 0 aromatic carbocycles. The summed E-state index contributed by atoms with van der Waals surface area (Å²) in [6, 6.07) is 0. The van der Waals surface area contributed by atoms with E-state index in [1.807, 2.05) is 0 Å². The van der Waals surface area contributed by atoms with Crippen molar-refractivity contribution < 1.29 is 29.9 Å². The van der Waals surface area contributed by atoms with Crippen LogP contribution in [0.3, 0.4) is 0 Å². The Morgan fingerprint density at radius 1 is 0.500 bits per heavy atom. The minimum absolute atomic E-state index is 0.298. The van der Waals surface area contributed by atoms with E-state index in [1.165, 1.54) is 38.5 Å². The first kappa shape index (κ1) is 20.9. The lowest BCUT2D eigenvalue weighted by molar-refractivity contribution is -0.234. The summed E-state index contributed by atoms with van der Waals surface area (Å²) >= 11 is 0. The van der Waals surface area contributed by atoms with E-state index in [0.717, 1.165) is 38.5 Å². The molecule has 130 valence electrons. The topological polar surface area (TPSA) is 93.1 Å². The summed E-state index contributed by atoms with van der Waals surface area (Å²) in [5.41, 5.74) is 0. The van der Waals surface area contributed by atoms with E-state index in [1.54, 1.807) is 0 Å². The molecule has 22 heavy (non-hydrogen) atoms. The Balaban J connectivity index is 3.05. The van der Waals surface area contributed by atoms with Crippen molar-refractivity contribution in [2.45, 2.75) is 89.9 Å². The van der Waals surface area contributed by atoms with Crippen molar-refractivity contribution in [3.63, 3.8) is 0 Å². The van der Waals surface area contributed by atoms with Crippen molar-refractivity contribution in [1.82, 2.24) is 0 Å². The molecule has 0 amide bonds. The van der Waals surface area contributed by atoms with Crippen molar-refractivity contribution in [3.8, 4) is 0 Å². The molecular weight excluding hydrogens is 288 g/mol. The van der Waals surface area contributed by atoms with Gasteiger partial charge in [0.1, 0.15) is 0 Å². The average molecular weight is 318 g/mol. The third-order valence-corrected chi connectivity index (χ3v) is 3.72. The first-order valence-electron chi connectivity index (χ1n) is 8.39. The quantitative estimate of drug-likeness (QED) is 0.263. The molecule has 6 nitrogen and oxygen atoms in total. The van der Waals surface area contributed by atoms with Crippen molar-refractivity contribution in [2.24, 2.45) is 0 Å². The van der Waals surface area contributed by atoms with Crippen LogP contribution in [0.25, 0.3) is 0 Å². The summed E-state index contributed by atoms with van der Waals surface area (Å²) in [7, 11) is 0. The molecule has 0 aliphatic carbocycles. The molecule has 6 heteroatoms. The Hall–Kier alpha value is -1.14. The number of hydrogen-bond donors (Lipinski definition) is 2. The standard InChI is InChI=1S/C16H30O6/c17-15(21-19)13-11-9-7-5-3-1-2-4-6-8-10-12-14-16(18)22-20/h19-20H,1-14H2. The molecule has 0 aromatic rings. The van der Waals surface area contributed by atoms with Gasteiger partial charge in [-0.3, -0.25) is 0 Å². The summed E-state index contributed by atoms with van der Waals surface area (Å²) in [6.07, 6.45) is 13.8. The maximum absolute atomic E-state index is 10.7. The molecule has 0 aromatic heterocycles. The van der Waals surface area contributed by atoms with Gasteiger partial charge in [-0.15, -0.1) is 0 Å². The van der Waals surface area contributed by atoms with Gasteiger partial charge in [0, 0.05) is 12.8 Å². The zero-order chi connectivity index (χ0) is 16.5. The number of rotatable bonds is 15. The Kier molecular flexibility index (Phi) is 15.4. The molecule has 2 N–H and O–H groups in total. The summed E-state index contributed by atoms with van der Waals surface area (Å²) < 4.78 is 0. The number of carbonyl (C=O) groups is 2. The third-order valence-electron chi connectivity index (χ3n) is 3.72. The number of carbonyl (C=O) groups excluding carboxylic acids is 2. The summed E-state index contributed by atoms with van der Waals surface area (Å²) in [5.74, 6) is -1.10. The highest BCUT2D eigenvalue weighted by Crippen LogP contribution is 2.13. The van der Waals surface area contributed by atoms with Crippen LogP contribution in [0.4, 0.5) is 0 Å². The monoisotopic (exact) mass is 318 g/mol. The Bertz CT molecular complexity index is 252. The molecular formula is C16H30O6. The fraction of sp³-hybridized carbons (Fsp3) is 0.875. The predicted octanol–water partition coefficient (Wildman–Crippen LogP) is 4.48. The number of hydrogen-bond acceptors (Lipinski definition) is 6. The predicted molar refractivity (Wildman–Crippen MR) is 82.1 cm³/mol. The van der Waals surface area contributed by atoms with Crippen LogP contribution in [-0.4, -0.2) is 22.5 Å². The van der Waals surface area contributed by atoms with E-state index >= 15 is 0 Å². The molecule has 0 aliphatic heterocycles. The van der Waals surface area contributed by atoms with Gasteiger partial charge >= 0.3 is 11.9 Å². The van der Waals surface area contributed by atoms with E-state index in [-0.39, 0.29) is 0 Å². The molecule has 0 aliphatic rings. The molecule has 0 radical (unpaired) electrons. The second-order valence-electron chi connectivity index (χ2n) is 5.67. The van der Waals surface area contributed by atoms with Crippen LogP contribution in [0.1, 0.15) is 89.9 Å². The fourth-order valence-corrected chi connectivity index (χ4v) is 2.40. The van der Waals surface area contributed by atoms with Gasteiger partial charge in [-0.1, -0.05) is 64.2 Å². The van der Waals surface area contributed by atoms with Crippen molar-refractivity contribution >= 4 is 11.9 Å². The van der Waals surface area contributed by atoms with Crippen LogP contribution >= 0.6 is 0 Å². The van der Waals surface area contributed by atoms with E-state index in [9.17, 15) is 9.59 Å². The zero-order valence-electron chi connectivity index (χ0n) is 13.4. The minimum atomic E-state index is -0.548. The van der Waals surface area contributed by atoms with Gasteiger partial charge in [0.2, 0.25) is 0 Å². The summed E-state index contributed by atoms with van der Waals surface area (Å²) in [6.45, 7) is 0. The fourth-order valence-electron chi connectivity index (χ4n) is 2.40. The number of unbranched alkanes of at least 4 members (excludes halogenated alkanes) is 11. The highest BCUT2D eigenvalue weighted by Gasteiger charge is 2.01. The van der Waals surface area contributed by atoms with Crippen molar-refractivity contribution in [2.75, 3.05) is 0 Å². The molecule has 0 fully saturated rings. The van der Waals surface area contributed by atoms with Gasteiger partial charge < -0.3 is 9.78 Å². The Labute approximate surface area is 132 Å². The third kappa shape index (κ3) is 15.3. The van der Waals surface area contributed by atoms with Crippen LogP contribution < -0.4 is 0 Å². The van der Waals surface area contributed by atoms with Crippen LogP contribution in [0.15, 0.2) is 0 Å². The largest absolute Gasteiger partial charge is 0.342 e. The van der Waals surface area contributed by atoms with E-state index in [2.05, 4.69) is 9.78 Å². The molecule has 0 rings (SSSR count). The summed E-state index contributed by atoms with van der Waals surface area (Å²) in [5, 5.41) is 16.2. The highest BCUT2D eigenvalue weighted by atomic mass is 17.1. The maximum Gasteiger partial charge on any atom is 0.342 e. The van der Waals surface area contributed by atoms with Crippen LogP contribution in [0, 0.1) is 0 Å². The van der Waals surface area contributed by atoms with Crippen molar-refractivity contribution in [1.29, 1.82) is 0 Å².